The van der Waals surface area contributed by atoms with Gasteiger partial charge in [0.15, 0.2) is 0 Å². The summed E-state index contributed by atoms with van der Waals surface area (Å²) in [6.07, 6.45) is 3.79. The Balaban J connectivity index is 1.73. The molecule has 1 amide bonds. The molecule has 110 valence electrons. The van der Waals surface area contributed by atoms with Crippen LogP contribution in [0.5, 0.6) is 5.75 Å². The first-order valence-corrected chi connectivity index (χ1v) is 7.52. The van der Waals surface area contributed by atoms with Gasteiger partial charge in [0.2, 0.25) is 5.91 Å². The largest absolute Gasteiger partial charge is 0.493 e. The van der Waals surface area contributed by atoms with Gasteiger partial charge in [-0.05, 0) is 42.8 Å². The molecule has 0 aliphatic rings. The number of hydrogen-bond acceptors (Lipinski definition) is 3. The van der Waals surface area contributed by atoms with E-state index in [9.17, 15) is 4.79 Å². The topological polar surface area (TPSA) is 51.2 Å². The number of ether oxygens (including phenoxy) is 1. The van der Waals surface area contributed by atoms with Crippen molar-refractivity contribution in [3.63, 3.8) is 0 Å². The van der Waals surface area contributed by atoms with Crippen molar-refractivity contribution in [2.45, 2.75) is 19.4 Å². The predicted molar refractivity (Wildman–Crippen MR) is 85.0 cm³/mol. The maximum absolute atomic E-state index is 11.9. The van der Waals surface area contributed by atoms with Crippen molar-refractivity contribution >= 4 is 21.8 Å². The number of amides is 1. The molecule has 1 atom stereocenters. The van der Waals surface area contributed by atoms with Crippen LogP contribution in [-0.2, 0) is 4.79 Å². The van der Waals surface area contributed by atoms with Crippen LogP contribution >= 0.6 is 15.9 Å². The Labute approximate surface area is 132 Å². The third-order valence-electron chi connectivity index (χ3n) is 2.97. The molecule has 0 aliphatic heterocycles. The van der Waals surface area contributed by atoms with E-state index < -0.39 is 0 Å². The molecule has 0 fully saturated rings. The second-order valence-electron chi connectivity index (χ2n) is 4.63. The van der Waals surface area contributed by atoms with E-state index in [2.05, 4.69) is 26.2 Å². The molecular formula is C16H17BrN2O2. The summed E-state index contributed by atoms with van der Waals surface area (Å²) in [5, 5.41) is 2.93. The maximum atomic E-state index is 11.9. The number of benzene rings is 1. The zero-order chi connectivity index (χ0) is 15.1. The predicted octanol–water partition coefficient (Wildman–Crippen LogP) is 3.49. The smallest absolute Gasteiger partial charge is 0.223 e. The summed E-state index contributed by atoms with van der Waals surface area (Å²) in [7, 11) is 0. The number of nitrogens with one attached hydrogen (secondary N) is 1. The summed E-state index contributed by atoms with van der Waals surface area (Å²) < 4.78 is 6.52. The Morgan fingerprint density at radius 1 is 1.33 bits per heavy atom. The highest BCUT2D eigenvalue weighted by Crippen LogP contribution is 2.16. The Hall–Kier alpha value is -1.88. The maximum Gasteiger partial charge on any atom is 0.223 e. The van der Waals surface area contributed by atoms with Gasteiger partial charge in [-0.1, -0.05) is 22.0 Å². The van der Waals surface area contributed by atoms with Gasteiger partial charge < -0.3 is 10.1 Å². The van der Waals surface area contributed by atoms with E-state index in [4.69, 9.17) is 4.74 Å². The average Bonchev–Trinajstić information content (AvgIpc) is 2.50. The van der Waals surface area contributed by atoms with Gasteiger partial charge in [0.1, 0.15) is 5.75 Å². The number of carbonyl (C=O) groups is 1. The third-order valence-corrected chi connectivity index (χ3v) is 3.50. The van der Waals surface area contributed by atoms with Gasteiger partial charge in [0.05, 0.1) is 19.1 Å². The lowest BCUT2D eigenvalue weighted by Crippen LogP contribution is -2.27. The van der Waals surface area contributed by atoms with Gasteiger partial charge >= 0.3 is 0 Å². The summed E-state index contributed by atoms with van der Waals surface area (Å²) in [4.78, 5) is 15.9. The van der Waals surface area contributed by atoms with E-state index in [0.29, 0.717) is 13.0 Å². The molecular weight excluding hydrogens is 332 g/mol. The lowest BCUT2D eigenvalue weighted by molar-refractivity contribution is -0.122. The van der Waals surface area contributed by atoms with E-state index >= 15 is 0 Å². The average molecular weight is 349 g/mol. The van der Waals surface area contributed by atoms with E-state index in [1.54, 1.807) is 12.4 Å². The van der Waals surface area contributed by atoms with E-state index in [1.165, 1.54) is 0 Å². The molecule has 2 aromatic rings. The number of rotatable bonds is 6. The van der Waals surface area contributed by atoms with Gasteiger partial charge in [-0.15, -0.1) is 0 Å². The van der Waals surface area contributed by atoms with E-state index in [0.717, 1.165) is 15.8 Å². The fraction of sp³-hybridized carbons (Fsp3) is 0.250. The summed E-state index contributed by atoms with van der Waals surface area (Å²) in [6.45, 7) is 2.29. The Bertz CT molecular complexity index is 573. The fourth-order valence-electron chi connectivity index (χ4n) is 1.82. The van der Waals surface area contributed by atoms with E-state index in [-0.39, 0.29) is 11.9 Å². The van der Waals surface area contributed by atoms with Gasteiger partial charge in [-0.2, -0.15) is 0 Å². The Morgan fingerprint density at radius 3 is 2.76 bits per heavy atom. The number of carbonyl (C=O) groups excluding carboxylic acids is 1. The second-order valence-corrected chi connectivity index (χ2v) is 5.54. The minimum atomic E-state index is -0.0566. The first-order chi connectivity index (χ1) is 10.1. The summed E-state index contributed by atoms with van der Waals surface area (Å²) in [5.41, 5.74) is 0.986. The number of halogens is 1. The lowest BCUT2D eigenvalue weighted by Gasteiger charge is -2.14. The molecule has 1 aromatic heterocycles. The van der Waals surface area contributed by atoms with Gasteiger partial charge in [0, 0.05) is 16.9 Å². The van der Waals surface area contributed by atoms with Crippen LogP contribution in [0, 0.1) is 0 Å². The summed E-state index contributed by atoms with van der Waals surface area (Å²) in [6, 6.07) is 11.3. The molecule has 4 nitrogen and oxygen atoms in total. The zero-order valence-electron chi connectivity index (χ0n) is 11.8. The summed E-state index contributed by atoms with van der Waals surface area (Å²) >= 11 is 3.36. The number of hydrogen-bond donors (Lipinski definition) is 1. The molecule has 1 heterocycles. The van der Waals surface area contributed by atoms with Gasteiger partial charge in [-0.25, -0.2) is 0 Å². The molecule has 0 saturated carbocycles. The molecule has 0 saturated heterocycles. The first kappa shape index (κ1) is 15.5. The van der Waals surface area contributed by atoms with Crippen LogP contribution in [0.15, 0.2) is 53.3 Å². The van der Waals surface area contributed by atoms with Crippen molar-refractivity contribution in [3.8, 4) is 5.75 Å². The SMILES string of the molecule is CC(NC(=O)CCOc1ccc(Br)cc1)c1cccnc1. The summed E-state index contributed by atoms with van der Waals surface area (Å²) in [5.74, 6) is 0.717. The van der Waals surface area contributed by atoms with Crippen LogP contribution in [-0.4, -0.2) is 17.5 Å². The van der Waals surface area contributed by atoms with Crippen LogP contribution in [0.1, 0.15) is 24.9 Å². The van der Waals surface area contributed by atoms with Crippen molar-refractivity contribution in [2.75, 3.05) is 6.61 Å². The monoisotopic (exact) mass is 348 g/mol. The molecule has 0 radical (unpaired) electrons. The van der Waals surface area contributed by atoms with Crippen LogP contribution in [0.4, 0.5) is 0 Å². The molecule has 0 aliphatic carbocycles. The number of pyridine rings is 1. The quantitative estimate of drug-likeness (QED) is 0.869. The number of aromatic nitrogens is 1. The molecule has 21 heavy (non-hydrogen) atoms. The minimum absolute atomic E-state index is 0.0385. The standard InChI is InChI=1S/C16H17BrN2O2/c1-12(13-3-2-9-18-11-13)19-16(20)8-10-21-15-6-4-14(17)5-7-15/h2-7,9,11-12H,8,10H2,1H3,(H,19,20). The lowest BCUT2D eigenvalue weighted by atomic mass is 10.1. The van der Waals surface area contributed by atoms with Crippen LogP contribution in [0.2, 0.25) is 0 Å². The first-order valence-electron chi connectivity index (χ1n) is 6.73. The molecule has 2 rings (SSSR count). The third kappa shape index (κ3) is 5.19. The van der Waals surface area contributed by atoms with Crippen molar-refractivity contribution in [3.05, 3.63) is 58.8 Å². The molecule has 1 unspecified atom stereocenters. The Kier molecular flexibility index (Phi) is 5.75. The second kappa shape index (κ2) is 7.78. The van der Waals surface area contributed by atoms with Crippen molar-refractivity contribution in [1.29, 1.82) is 0 Å². The highest BCUT2D eigenvalue weighted by Gasteiger charge is 2.09. The molecule has 0 bridgehead atoms. The zero-order valence-corrected chi connectivity index (χ0v) is 13.3. The van der Waals surface area contributed by atoms with Crippen LogP contribution in [0.3, 0.4) is 0 Å². The van der Waals surface area contributed by atoms with Gasteiger partial charge in [0.25, 0.3) is 0 Å². The highest BCUT2D eigenvalue weighted by molar-refractivity contribution is 9.10. The van der Waals surface area contributed by atoms with Crippen molar-refractivity contribution < 1.29 is 9.53 Å². The van der Waals surface area contributed by atoms with Crippen molar-refractivity contribution in [2.24, 2.45) is 0 Å². The molecule has 5 heteroatoms. The fourth-order valence-corrected chi connectivity index (χ4v) is 2.09. The Morgan fingerprint density at radius 2 is 2.10 bits per heavy atom. The number of nitrogens with zero attached hydrogens (tertiary/aromatic N) is 1. The van der Waals surface area contributed by atoms with Crippen LogP contribution in [0.25, 0.3) is 0 Å². The minimum Gasteiger partial charge on any atom is -0.493 e. The van der Waals surface area contributed by atoms with E-state index in [1.807, 2.05) is 43.3 Å². The van der Waals surface area contributed by atoms with Crippen LogP contribution < -0.4 is 10.1 Å². The molecule has 1 aromatic carbocycles. The highest BCUT2D eigenvalue weighted by atomic mass is 79.9. The van der Waals surface area contributed by atoms with Crippen molar-refractivity contribution in [1.82, 2.24) is 10.3 Å². The molecule has 0 spiro atoms. The van der Waals surface area contributed by atoms with Gasteiger partial charge in [-0.3, -0.25) is 9.78 Å². The normalized spacial score (nSPS) is 11.7. The molecule has 1 N–H and O–H groups in total.